The molecule has 4 heteroatoms. The third-order valence-corrected chi connectivity index (χ3v) is 2.48. The molecule has 0 unspecified atom stereocenters. The third kappa shape index (κ3) is 1.58. The molecule has 0 spiro atoms. The highest BCUT2D eigenvalue weighted by Crippen LogP contribution is 2.19. The maximum atomic E-state index is 12.5. The molecule has 1 aromatic heterocycles. The Hall–Kier alpha value is -0.900. The number of hydrogen-bond donors (Lipinski definition) is 0. The molecule has 0 saturated carbocycles. The van der Waals surface area contributed by atoms with Crippen LogP contribution in [0.4, 0.5) is 4.39 Å². The van der Waals surface area contributed by atoms with Crippen molar-refractivity contribution in [1.82, 2.24) is 10.1 Å². The van der Waals surface area contributed by atoms with Gasteiger partial charge in [-0.2, -0.15) is 0 Å². The normalized spacial score (nSPS) is 19.0. The molecule has 0 bridgehead atoms. The molecule has 1 aliphatic heterocycles. The number of aromatic nitrogens is 1. The lowest BCUT2D eigenvalue weighted by atomic mass is 10.1. The van der Waals surface area contributed by atoms with Crippen LogP contribution in [-0.2, 0) is 6.54 Å². The van der Waals surface area contributed by atoms with Gasteiger partial charge in [0.15, 0.2) is 0 Å². The first kappa shape index (κ1) is 8.69. The molecule has 13 heavy (non-hydrogen) atoms. The van der Waals surface area contributed by atoms with Crippen molar-refractivity contribution >= 4 is 0 Å². The largest absolute Gasteiger partial charge is 0.361 e. The van der Waals surface area contributed by atoms with Crippen molar-refractivity contribution in [3.05, 3.63) is 17.0 Å². The fourth-order valence-electron chi connectivity index (χ4n) is 1.59. The fraction of sp³-hybridized carbons (Fsp3) is 0.667. The number of aryl methyl sites for hydroxylation is 2. The van der Waals surface area contributed by atoms with Crippen LogP contribution in [0, 0.1) is 13.8 Å². The van der Waals surface area contributed by atoms with Crippen LogP contribution in [-0.4, -0.2) is 29.3 Å². The molecule has 1 aromatic rings. The van der Waals surface area contributed by atoms with E-state index in [1.165, 1.54) is 0 Å². The molecule has 2 rings (SSSR count). The first-order valence-corrected chi connectivity index (χ1v) is 4.45. The van der Waals surface area contributed by atoms with Crippen molar-refractivity contribution in [2.45, 2.75) is 26.6 Å². The van der Waals surface area contributed by atoms with E-state index in [1.807, 2.05) is 13.8 Å². The molecule has 0 N–H and O–H groups in total. The van der Waals surface area contributed by atoms with Crippen LogP contribution in [0.15, 0.2) is 4.52 Å². The second-order valence-electron chi connectivity index (χ2n) is 3.59. The zero-order valence-electron chi connectivity index (χ0n) is 7.88. The van der Waals surface area contributed by atoms with Crippen molar-refractivity contribution < 1.29 is 8.91 Å². The van der Waals surface area contributed by atoms with Gasteiger partial charge in [-0.05, 0) is 13.8 Å². The quantitative estimate of drug-likeness (QED) is 0.696. The van der Waals surface area contributed by atoms with Gasteiger partial charge in [0.1, 0.15) is 11.9 Å². The van der Waals surface area contributed by atoms with Crippen molar-refractivity contribution in [2.75, 3.05) is 13.1 Å². The average Bonchev–Trinajstić information content (AvgIpc) is 2.32. The van der Waals surface area contributed by atoms with Gasteiger partial charge in [-0.25, -0.2) is 4.39 Å². The van der Waals surface area contributed by atoms with Crippen LogP contribution in [0.2, 0.25) is 0 Å². The summed E-state index contributed by atoms with van der Waals surface area (Å²) in [5.41, 5.74) is 2.02. The number of likely N-dealkylation sites (tertiary alicyclic amines) is 1. The number of rotatable bonds is 2. The lowest BCUT2D eigenvalue weighted by Crippen LogP contribution is -2.47. The Labute approximate surface area is 76.5 Å². The highest BCUT2D eigenvalue weighted by atomic mass is 19.1. The van der Waals surface area contributed by atoms with Crippen molar-refractivity contribution in [3.8, 4) is 0 Å². The molecule has 0 amide bonds. The predicted octanol–water partition coefficient (Wildman–Crippen LogP) is 1.45. The van der Waals surface area contributed by atoms with Gasteiger partial charge in [0.25, 0.3) is 0 Å². The molecule has 2 heterocycles. The number of hydrogen-bond acceptors (Lipinski definition) is 3. The monoisotopic (exact) mass is 184 g/mol. The lowest BCUT2D eigenvalue weighted by molar-refractivity contribution is 0.0586. The maximum absolute atomic E-state index is 12.5. The van der Waals surface area contributed by atoms with E-state index in [9.17, 15) is 4.39 Å². The Morgan fingerprint density at radius 2 is 2.23 bits per heavy atom. The highest BCUT2D eigenvalue weighted by molar-refractivity contribution is 5.20. The average molecular weight is 184 g/mol. The van der Waals surface area contributed by atoms with E-state index < -0.39 is 6.17 Å². The van der Waals surface area contributed by atoms with Crippen LogP contribution < -0.4 is 0 Å². The van der Waals surface area contributed by atoms with Gasteiger partial charge in [-0.1, -0.05) is 5.16 Å². The predicted molar refractivity (Wildman–Crippen MR) is 46.2 cm³/mol. The summed E-state index contributed by atoms with van der Waals surface area (Å²) in [5.74, 6) is 0.847. The van der Waals surface area contributed by atoms with E-state index in [-0.39, 0.29) is 0 Å². The Morgan fingerprint density at radius 3 is 2.69 bits per heavy atom. The highest BCUT2D eigenvalue weighted by Gasteiger charge is 2.27. The standard InChI is InChI=1S/C9H13FN2O/c1-6-9(7(2)13-11-6)5-12-3-8(10)4-12/h8H,3-5H2,1-2H3. The van der Waals surface area contributed by atoms with Crippen molar-refractivity contribution in [2.24, 2.45) is 0 Å². The molecular weight excluding hydrogens is 171 g/mol. The van der Waals surface area contributed by atoms with Crippen LogP contribution in [0.5, 0.6) is 0 Å². The molecular formula is C9H13FN2O. The summed E-state index contributed by atoms with van der Waals surface area (Å²) >= 11 is 0. The van der Waals surface area contributed by atoms with E-state index in [2.05, 4.69) is 10.1 Å². The minimum absolute atomic E-state index is 0.546. The second kappa shape index (κ2) is 3.10. The third-order valence-electron chi connectivity index (χ3n) is 2.48. The smallest absolute Gasteiger partial charge is 0.138 e. The molecule has 3 nitrogen and oxygen atoms in total. The summed E-state index contributed by atoms with van der Waals surface area (Å²) in [4.78, 5) is 2.05. The molecule has 72 valence electrons. The van der Waals surface area contributed by atoms with Crippen molar-refractivity contribution in [1.29, 1.82) is 0 Å². The van der Waals surface area contributed by atoms with Gasteiger partial charge in [-0.15, -0.1) is 0 Å². The summed E-state index contributed by atoms with van der Waals surface area (Å²) in [6.07, 6.45) is -0.638. The maximum Gasteiger partial charge on any atom is 0.138 e. The van der Waals surface area contributed by atoms with Crippen LogP contribution in [0.3, 0.4) is 0 Å². The van der Waals surface area contributed by atoms with Gasteiger partial charge in [-0.3, -0.25) is 4.90 Å². The zero-order valence-corrected chi connectivity index (χ0v) is 7.88. The van der Waals surface area contributed by atoms with E-state index in [4.69, 9.17) is 4.52 Å². The summed E-state index contributed by atoms with van der Waals surface area (Å²) in [6, 6.07) is 0. The Bertz CT molecular complexity index is 285. The van der Waals surface area contributed by atoms with Crippen LogP contribution in [0.1, 0.15) is 17.0 Å². The molecule has 1 fully saturated rings. The number of halogens is 1. The van der Waals surface area contributed by atoms with Crippen LogP contribution in [0.25, 0.3) is 0 Å². The van der Waals surface area contributed by atoms with E-state index in [1.54, 1.807) is 0 Å². The minimum Gasteiger partial charge on any atom is -0.361 e. The van der Waals surface area contributed by atoms with Crippen LogP contribution >= 0.6 is 0 Å². The molecule has 0 atom stereocenters. The number of nitrogens with zero attached hydrogens (tertiary/aromatic N) is 2. The zero-order chi connectivity index (χ0) is 9.42. The minimum atomic E-state index is -0.638. The van der Waals surface area contributed by atoms with E-state index >= 15 is 0 Å². The Balaban J connectivity index is 2.01. The van der Waals surface area contributed by atoms with Gasteiger partial charge in [0.05, 0.1) is 5.69 Å². The number of alkyl halides is 1. The molecule has 0 radical (unpaired) electrons. The first-order chi connectivity index (χ1) is 6.16. The Morgan fingerprint density at radius 1 is 1.54 bits per heavy atom. The van der Waals surface area contributed by atoms with Crippen molar-refractivity contribution in [3.63, 3.8) is 0 Å². The van der Waals surface area contributed by atoms with E-state index in [0.717, 1.165) is 23.6 Å². The molecule has 1 saturated heterocycles. The summed E-state index contributed by atoms with van der Waals surface area (Å²) in [5, 5.41) is 3.85. The van der Waals surface area contributed by atoms with Gasteiger partial charge in [0.2, 0.25) is 0 Å². The summed E-state index contributed by atoms with van der Waals surface area (Å²) < 4.78 is 17.5. The van der Waals surface area contributed by atoms with Gasteiger partial charge >= 0.3 is 0 Å². The topological polar surface area (TPSA) is 29.3 Å². The van der Waals surface area contributed by atoms with Gasteiger partial charge < -0.3 is 4.52 Å². The summed E-state index contributed by atoms with van der Waals surface area (Å²) in [7, 11) is 0. The summed E-state index contributed by atoms with van der Waals surface area (Å²) in [6.45, 7) is 5.66. The molecule has 0 aliphatic carbocycles. The Kier molecular flexibility index (Phi) is 2.07. The lowest BCUT2D eigenvalue weighted by Gasteiger charge is -2.33. The molecule has 0 aromatic carbocycles. The SMILES string of the molecule is Cc1noc(C)c1CN1CC(F)C1. The van der Waals surface area contributed by atoms with E-state index in [0.29, 0.717) is 13.1 Å². The van der Waals surface area contributed by atoms with Gasteiger partial charge in [0, 0.05) is 25.2 Å². The molecule has 1 aliphatic rings. The first-order valence-electron chi connectivity index (χ1n) is 4.45. The fourth-order valence-corrected chi connectivity index (χ4v) is 1.59. The second-order valence-corrected chi connectivity index (χ2v) is 3.59.